The first-order valence-corrected chi connectivity index (χ1v) is 8.16. The van der Waals surface area contributed by atoms with Gasteiger partial charge in [0.05, 0.1) is 11.6 Å². The third-order valence-electron chi connectivity index (χ3n) is 4.97. The number of aromatic nitrogens is 2. The smallest absolute Gasteiger partial charge is 0.125 e. The summed E-state index contributed by atoms with van der Waals surface area (Å²) >= 11 is 0. The van der Waals surface area contributed by atoms with E-state index in [4.69, 9.17) is 9.47 Å². The molecule has 2 saturated heterocycles. The molecule has 0 radical (unpaired) electrons. The highest BCUT2D eigenvalue weighted by molar-refractivity contribution is 5.04. The fourth-order valence-corrected chi connectivity index (χ4v) is 3.81. The van der Waals surface area contributed by atoms with Gasteiger partial charge >= 0.3 is 0 Å². The van der Waals surface area contributed by atoms with E-state index >= 15 is 0 Å². The zero-order valence-corrected chi connectivity index (χ0v) is 13.2. The monoisotopic (exact) mass is 293 g/mol. The third kappa shape index (κ3) is 3.15. The fraction of sp³-hybridized carbons (Fsp3) is 0.812. The lowest BCUT2D eigenvalue weighted by Gasteiger charge is -2.45. The van der Waals surface area contributed by atoms with Gasteiger partial charge in [-0.15, -0.1) is 0 Å². The fourth-order valence-electron chi connectivity index (χ4n) is 3.81. The van der Waals surface area contributed by atoms with Gasteiger partial charge in [0.1, 0.15) is 5.82 Å². The second-order valence-corrected chi connectivity index (χ2v) is 6.33. The SMILES string of the molecule is CCNC(c1nccn1C)C1CCOC2(CCOCC2)C1. The summed E-state index contributed by atoms with van der Waals surface area (Å²) < 4.78 is 13.8. The molecule has 2 unspecified atom stereocenters. The maximum absolute atomic E-state index is 6.18. The molecule has 2 fully saturated rings. The summed E-state index contributed by atoms with van der Waals surface area (Å²) in [6.07, 6.45) is 8.20. The quantitative estimate of drug-likeness (QED) is 0.923. The molecule has 118 valence electrons. The predicted molar refractivity (Wildman–Crippen MR) is 81.1 cm³/mol. The van der Waals surface area contributed by atoms with Crippen LogP contribution in [0.15, 0.2) is 12.4 Å². The molecule has 1 N–H and O–H groups in total. The molecule has 21 heavy (non-hydrogen) atoms. The van der Waals surface area contributed by atoms with Crippen molar-refractivity contribution in [1.29, 1.82) is 0 Å². The standard InChI is InChI=1S/C16H27N3O2/c1-3-17-14(15-18-7-8-19(15)2)13-4-9-21-16(12-13)5-10-20-11-6-16/h7-8,13-14,17H,3-6,9-12H2,1-2H3. The van der Waals surface area contributed by atoms with Gasteiger partial charge in [-0.25, -0.2) is 4.98 Å². The van der Waals surface area contributed by atoms with Gasteiger partial charge in [-0.1, -0.05) is 6.92 Å². The van der Waals surface area contributed by atoms with Crippen LogP contribution >= 0.6 is 0 Å². The van der Waals surface area contributed by atoms with Gasteiger partial charge in [-0.05, 0) is 38.1 Å². The molecule has 0 aromatic carbocycles. The van der Waals surface area contributed by atoms with Crippen LogP contribution in [0.1, 0.15) is 44.5 Å². The van der Waals surface area contributed by atoms with E-state index in [2.05, 4.69) is 28.8 Å². The molecule has 2 aliphatic rings. The molecule has 5 nitrogen and oxygen atoms in total. The summed E-state index contributed by atoms with van der Waals surface area (Å²) in [7, 11) is 2.08. The van der Waals surface area contributed by atoms with Crippen molar-refractivity contribution in [2.75, 3.05) is 26.4 Å². The first-order chi connectivity index (χ1) is 10.2. The lowest BCUT2D eigenvalue weighted by molar-refractivity contribution is -0.150. The normalized spacial score (nSPS) is 26.9. The number of hydrogen-bond acceptors (Lipinski definition) is 4. The van der Waals surface area contributed by atoms with Crippen molar-refractivity contribution >= 4 is 0 Å². The molecule has 2 aliphatic heterocycles. The lowest BCUT2D eigenvalue weighted by atomic mass is 9.77. The highest BCUT2D eigenvalue weighted by Crippen LogP contribution is 2.41. The predicted octanol–water partition coefficient (Wildman–Crippen LogP) is 2.05. The van der Waals surface area contributed by atoms with E-state index in [1.807, 2.05) is 12.4 Å². The van der Waals surface area contributed by atoms with Crippen molar-refractivity contribution in [2.24, 2.45) is 13.0 Å². The van der Waals surface area contributed by atoms with Crippen LogP contribution in [0.4, 0.5) is 0 Å². The molecule has 0 aliphatic carbocycles. The van der Waals surface area contributed by atoms with Crippen molar-refractivity contribution in [3.8, 4) is 0 Å². The van der Waals surface area contributed by atoms with Gasteiger partial charge < -0.3 is 19.4 Å². The highest BCUT2D eigenvalue weighted by atomic mass is 16.5. The summed E-state index contributed by atoms with van der Waals surface area (Å²) in [5, 5.41) is 3.65. The van der Waals surface area contributed by atoms with E-state index in [0.29, 0.717) is 12.0 Å². The van der Waals surface area contributed by atoms with Crippen LogP contribution in [-0.2, 0) is 16.5 Å². The van der Waals surface area contributed by atoms with Gasteiger partial charge in [-0.2, -0.15) is 0 Å². The maximum atomic E-state index is 6.18. The van der Waals surface area contributed by atoms with Crippen molar-refractivity contribution in [1.82, 2.24) is 14.9 Å². The molecular weight excluding hydrogens is 266 g/mol. The van der Waals surface area contributed by atoms with Crippen LogP contribution in [0.25, 0.3) is 0 Å². The van der Waals surface area contributed by atoms with Crippen LogP contribution in [0.5, 0.6) is 0 Å². The lowest BCUT2D eigenvalue weighted by Crippen LogP contribution is -2.47. The Morgan fingerprint density at radius 1 is 1.43 bits per heavy atom. The number of nitrogens with one attached hydrogen (secondary N) is 1. The van der Waals surface area contributed by atoms with Crippen molar-refractivity contribution in [2.45, 2.75) is 44.2 Å². The molecule has 0 amide bonds. The average Bonchev–Trinajstić information content (AvgIpc) is 2.91. The van der Waals surface area contributed by atoms with Gasteiger partial charge in [-0.3, -0.25) is 0 Å². The first-order valence-electron chi connectivity index (χ1n) is 8.16. The second kappa shape index (κ2) is 6.46. The summed E-state index contributed by atoms with van der Waals surface area (Å²) in [6, 6.07) is 0.318. The molecule has 2 atom stereocenters. The van der Waals surface area contributed by atoms with E-state index < -0.39 is 0 Å². The number of rotatable bonds is 4. The van der Waals surface area contributed by atoms with Crippen LogP contribution in [0, 0.1) is 5.92 Å². The molecule has 3 heterocycles. The summed E-state index contributed by atoms with van der Waals surface area (Å²) in [4.78, 5) is 4.58. The Labute approximate surface area is 127 Å². The van der Waals surface area contributed by atoms with Crippen molar-refractivity contribution in [3.63, 3.8) is 0 Å². The number of imidazole rings is 1. The molecular formula is C16H27N3O2. The summed E-state index contributed by atoms with van der Waals surface area (Å²) in [6.45, 7) is 5.66. The zero-order valence-electron chi connectivity index (χ0n) is 13.2. The first kappa shape index (κ1) is 15.0. The molecule has 5 heteroatoms. The number of hydrogen-bond donors (Lipinski definition) is 1. The van der Waals surface area contributed by atoms with Gasteiger partial charge in [0.2, 0.25) is 0 Å². The number of nitrogens with zero attached hydrogens (tertiary/aromatic N) is 2. The molecule has 1 spiro atoms. The van der Waals surface area contributed by atoms with E-state index in [0.717, 1.165) is 57.9 Å². The Hall–Kier alpha value is -0.910. The Bertz CT molecular complexity index is 449. The summed E-state index contributed by atoms with van der Waals surface area (Å²) in [5.41, 5.74) is 0.0417. The van der Waals surface area contributed by atoms with Crippen LogP contribution in [0.3, 0.4) is 0 Å². The molecule has 0 saturated carbocycles. The van der Waals surface area contributed by atoms with Crippen LogP contribution in [-0.4, -0.2) is 41.5 Å². The molecule has 1 aromatic rings. The minimum atomic E-state index is 0.0417. The number of ether oxygens (including phenoxy) is 2. The van der Waals surface area contributed by atoms with Crippen LogP contribution in [0.2, 0.25) is 0 Å². The maximum Gasteiger partial charge on any atom is 0.125 e. The Balaban J connectivity index is 1.77. The molecule has 1 aromatic heterocycles. The van der Waals surface area contributed by atoms with E-state index in [9.17, 15) is 0 Å². The second-order valence-electron chi connectivity index (χ2n) is 6.33. The van der Waals surface area contributed by atoms with Crippen LogP contribution < -0.4 is 5.32 Å². The number of aryl methyl sites for hydroxylation is 1. The Kier molecular flexibility index (Phi) is 4.62. The van der Waals surface area contributed by atoms with Gasteiger partial charge in [0.15, 0.2) is 0 Å². The Morgan fingerprint density at radius 3 is 2.90 bits per heavy atom. The minimum Gasteiger partial charge on any atom is -0.381 e. The van der Waals surface area contributed by atoms with E-state index in [1.54, 1.807) is 0 Å². The molecule has 0 bridgehead atoms. The third-order valence-corrected chi connectivity index (χ3v) is 4.97. The van der Waals surface area contributed by atoms with E-state index in [-0.39, 0.29) is 5.60 Å². The van der Waals surface area contributed by atoms with Gasteiger partial charge in [0.25, 0.3) is 0 Å². The highest BCUT2D eigenvalue weighted by Gasteiger charge is 2.42. The van der Waals surface area contributed by atoms with Gasteiger partial charge in [0, 0.05) is 39.3 Å². The minimum absolute atomic E-state index is 0.0417. The van der Waals surface area contributed by atoms with Crippen molar-refractivity contribution < 1.29 is 9.47 Å². The van der Waals surface area contributed by atoms with Crippen molar-refractivity contribution in [3.05, 3.63) is 18.2 Å². The molecule has 3 rings (SSSR count). The zero-order chi connectivity index (χ0) is 14.7. The summed E-state index contributed by atoms with van der Waals surface area (Å²) in [5.74, 6) is 1.73. The average molecular weight is 293 g/mol. The topological polar surface area (TPSA) is 48.3 Å². The van der Waals surface area contributed by atoms with E-state index in [1.165, 1.54) is 0 Å². The largest absolute Gasteiger partial charge is 0.381 e. The Morgan fingerprint density at radius 2 is 2.24 bits per heavy atom.